The molecule has 0 bridgehead atoms. The van der Waals surface area contributed by atoms with Crippen LogP contribution in [0.5, 0.6) is 11.6 Å². The van der Waals surface area contributed by atoms with Crippen LogP contribution in [-0.2, 0) is 5.75 Å². The average molecular weight is 407 g/mol. The lowest BCUT2D eigenvalue weighted by atomic mass is 10.1. The number of ether oxygens (including phenoxy) is 1. The molecule has 0 aliphatic heterocycles. The van der Waals surface area contributed by atoms with Gasteiger partial charge in [-0.1, -0.05) is 49.3 Å². The van der Waals surface area contributed by atoms with Crippen LogP contribution in [0.25, 0.3) is 0 Å². The van der Waals surface area contributed by atoms with Crippen LogP contribution in [-0.4, -0.2) is 9.97 Å². The molecule has 3 aromatic rings. The molecule has 0 amide bonds. The highest BCUT2D eigenvalue weighted by Gasteiger charge is 2.12. The Morgan fingerprint density at radius 2 is 1.89 bits per heavy atom. The summed E-state index contributed by atoms with van der Waals surface area (Å²) in [5.41, 5.74) is 1.20. The molecule has 0 N–H and O–H groups in total. The van der Waals surface area contributed by atoms with Crippen LogP contribution < -0.4 is 4.74 Å². The van der Waals surface area contributed by atoms with Gasteiger partial charge in [-0.2, -0.15) is 4.98 Å². The fourth-order valence-corrected chi connectivity index (χ4v) is 3.29. The van der Waals surface area contributed by atoms with Gasteiger partial charge in [0.15, 0.2) is 5.16 Å². The molecule has 0 aliphatic rings. The van der Waals surface area contributed by atoms with Gasteiger partial charge in [-0.3, -0.25) is 0 Å². The first-order valence-electron chi connectivity index (χ1n) is 8.30. The fraction of sp³-hybridized carbons (Fsp3) is 0.200. The maximum absolute atomic E-state index is 13.8. The molecule has 0 unspecified atom stereocenters. The van der Waals surface area contributed by atoms with E-state index in [1.54, 1.807) is 30.3 Å². The molecule has 0 radical (unpaired) electrons. The van der Waals surface area contributed by atoms with Crippen LogP contribution in [0.2, 0.25) is 5.02 Å². The second-order valence-corrected chi connectivity index (χ2v) is 7.53. The molecule has 3 rings (SSSR count). The summed E-state index contributed by atoms with van der Waals surface area (Å²) in [6, 6.07) is 12.3. The van der Waals surface area contributed by atoms with E-state index in [0.717, 1.165) is 11.8 Å². The van der Waals surface area contributed by atoms with Gasteiger partial charge in [0.2, 0.25) is 5.88 Å². The van der Waals surface area contributed by atoms with Crippen molar-refractivity contribution in [3.05, 3.63) is 76.4 Å². The summed E-state index contributed by atoms with van der Waals surface area (Å²) in [5, 5.41) is 1.02. The molecule has 1 heterocycles. The third-order valence-electron chi connectivity index (χ3n) is 3.68. The number of thioether (sulfide) groups is 1. The number of hydrogen-bond acceptors (Lipinski definition) is 4. The molecule has 0 atom stereocenters. The van der Waals surface area contributed by atoms with Crippen molar-refractivity contribution in [2.24, 2.45) is 0 Å². The molecule has 27 heavy (non-hydrogen) atoms. The molecular weight excluding hydrogens is 390 g/mol. The predicted molar refractivity (Wildman–Crippen MR) is 104 cm³/mol. The average Bonchev–Trinajstić information content (AvgIpc) is 2.61. The molecule has 1 aromatic heterocycles. The first-order chi connectivity index (χ1) is 12.9. The summed E-state index contributed by atoms with van der Waals surface area (Å²) in [7, 11) is 0. The van der Waals surface area contributed by atoms with Crippen molar-refractivity contribution in [2.75, 3.05) is 0 Å². The molecular formula is C20H17ClF2N2OS. The number of benzene rings is 2. The lowest BCUT2D eigenvalue weighted by Gasteiger charge is -2.11. The topological polar surface area (TPSA) is 35.0 Å². The minimum Gasteiger partial charge on any atom is -0.439 e. The Labute approximate surface area is 165 Å². The maximum atomic E-state index is 13.8. The molecule has 0 aliphatic carbocycles. The minimum atomic E-state index is -0.600. The van der Waals surface area contributed by atoms with E-state index < -0.39 is 11.6 Å². The SMILES string of the molecule is CC(C)c1cc(Oc2cccc(Cl)c2)nc(SCc2ccc(F)cc2F)n1. The maximum Gasteiger partial charge on any atom is 0.223 e. The molecule has 0 saturated carbocycles. The van der Waals surface area contributed by atoms with Gasteiger partial charge in [0.25, 0.3) is 0 Å². The van der Waals surface area contributed by atoms with Gasteiger partial charge in [0.05, 0.1) is 5.69 Å². The van der Waals surface area contributed by atoms with Crippen molar-refractivity contribution in [1.82, 2.24) is 9.97 Å². The van der Waals surface area contributed by atoms with Crippen LogP contribution in [0.15, 0.2) is 53.7 Å². The molecule has 2 aromatic carbocycles. The number of halogens is 3. The standard InChI is InChI=1S/C20H17ClF2N2OS/c1-12(2)18-10-19(26-16-5-3-4-14(21)8-16)25-20(24-18)27-11-13-6-7-15(22)9-17(13)23/h3-10,12H,11H2,1-2H3. The van der Waals surface area contributed by atoms with Gasteiger partial charge >= 0.3 is 0 Å². The second-order valence-electron chi connectivity index (χ2n) is 6.15. The van der Waals surface area contributed by atoms with Crippen molar-refractivity contribution in [3.8, 4) is 11.6 Å². The summed E-state index contributed by atoms with van der Waals surface area (Å²) >= 11 is 7.25. The number of rotatable bonds is 6. The fourth-order valence-electron chi connectivity index (χ4n) is 2.27. The Hall–Kier alpha value is -2.18. The number of hydrogen-bond donors (Lipinski definition) is 0. The van der Waals surface area contributed by atoms with E-state index in [1.165, 1.54) is 23.9 Å². The first-order valence-corrected chi connectivity index (χ1v) is 9.66. The van der Waals surface area contributed by atoms with Gasteiger partial charge in [0.1, 0.15) is 17.4 Å². The number of aromatic nitrogens is 2. The number of nitrogens with zero attached hydrogens (tertiary/aromatic N) is 2. The van der Waals surface area contributed by atoms with Gasteiger partial charge in [0, 0.05) is 22.9 Å². The van der Waals surface area contributed by atoms with E-state index in [-0.39, 0.29) is 11.7 Å². The van der Waals surface area contributed by atoms with E-state index in [0.29, 0.717) is 27.4 Å². The van der Waals surface area contributed by atoms with Gasteiger partial charge in [-0.05, 0) is 35.7 Å². The summed E-state index contributed by atoms with van der Waals surface area (Å²) in [6.07, 6.45) is 0. The zero-order valence-electron chi connectivity index (χ0n) is 14.7. The molecule has 0 fully saturated rings. The van der Waals surface area contributed by atoms with Crippen molar-refractivity contribution < 1.29 is 13.5 Å². The van der Waals surface area contributed by atoms with Crippen molar-refractivity contribution >= 4 is 23.4 Å². The van der Waals surface area contributed by atoms with E-state index >= 15 is 0 Å². The van der Waals surface area contributed by atoms with Crippen LogP contribution in [0.3, 0.4) is 0 Å². The van der Waals surface area contributed by atoms with Gasteiger partial charge in [-0.15, -0.1) is 0 Å². The Kier molecular flexibility index (Phi) is 6.29. The molecule has 3 nitrogen and oxygen atoms in total. The van der Waals surface area contributed by atoms with E-state index in [1.807, 2.05) is 13.8 Å². The Morgan fingerprint density at radius 3 is 2.59 bits per heavy atom. The second kappa shape index (κ2) is 8.67. The highest BCUT2D eigenvalue weighted by atomic mass is 35.5. The quantitative estimate of drug-likeness (QED) is 0.340. The van der Waals surface area contributed by atoms with Crippen molar-refractivity contribution in [1.29, 1.82) is 0 Å². The van der Waals surface area contributed by atoms with Crippen LogP contribution in [0, 0.1) is 11.6 Å². The third kappa shape index (κ3) is 5.40. The monoisotopic (exact) mass is 406 g/mol. The lowest BCUT2D eigenvalue weighted by Crippen LogP contribution is -2.00. The summed E-state index contributed by atoms with van der Waals surface area (Å²) in [5.74, 6) is 0.213. The molecule has 140 valence electrons. The summed E-state index contributed by atoms with van der Waals surface area (Å²) < 4.78 is 32.7. The van der Waals surface area contributed by atoms with E-state index in [2.05, 4.69) is 9.97 Å². The molecule has 0 saturated heterocycles. The smallest absolute Gasteiger partial charge is 0.223 e. The summed E-state index contributed by atoms with van der Waals surface area (Å²) in [4.78, 5) is 8.90. The van der Waals surface area contributed by atoms with Crippen LogP contribution >= 0.6 is 23.4 Å². The Balaban J connectivity index is 1.82. The molecule has 0 spiro atoms. The predicted octanol–water partition coefficient (Wildman–Crippen LogP) is 6.62. The third-order valence-corrected chi connectivity index (χ3v) is 4.82. The minimum absolute atomic E-state index is 0.164. The zero-order chi connectivity index (χ0) is 19.4. The highest BCUT2D eigenvalue weighted by molar-refractivity contribution is 7.98. The first kappa shape index (κ1) is 19.6. The summed E-state index contributed by atoms with van der Waals surface area (Å²) in [6.45, 7) is 4.03. The van der Waals surface area contributed by atoms with E-state index in [4.69, 9.17) is 16.3 Å². The van der Waals surface area contributed by atoms with Gasteiger partial charge < -0.3 is 4.74 Å². The normalized spacial score (nSPS) is 11.0. The van der Waals surface area contributed by atoms with Gasteiger partial charge in [-0.25, -0.2) is 13.8 Å². The molecule has 7 heteroatoms. The van der Waals surface area contributed by atoms with Crippen LogP contribution in [0.4, 0.5) is 8.78 Å². The van der Waals surface area contributed by atoms with Crippen molar-refractivity contribution in [3.63, 3.8) is 0 Å². The zero-order valence-corrected chi connectivity index (χ0v) is 16.3. The largest absolute Gasteiger partial charge is 0.439 e. The lowest BCUT2D eigenvalue weighted by molar-refractivity contribution is 0.453. The highest BCUT2D eigenvalue weighted by Crippen LogP contribution is 2.29. The van der Waals surface area contributed by atoms with Crippen LogP contribution in [0.1, 0.15) is 31.0 Å². The van der Waals surface area contributed by atoms with E-state index in [9.17, 15) is 8.78 Å². The van der Waals surface area contributed by atoms with Crippen molar-refractivity contribution in [2.45, 2.75) is 30.7 Å². The Morgan fingerprint density at radius 1 is 1.07 bits per heavy atom. The Bertz CT molecular complexity index is 953.